The SMILES string of the molecule is NCCCCCNC(=O)c1ccc(NC(=O)c2ccc(CN(C(=O)c3ccc4c(c3)OCC(=O)N4)C3CC3)cc2)cc1. The molecule has 0 unspecified atom stereocenters. The molecule has 1 aliphatic heterocycles. The normalized spacial score (nSPS) is 13.8. The number of anilines is 2. The molecule has 1 aliphatic carbocycles. The van der Waals surface area contributed by atoms with Gasteiger partial charge in [0.1, 0.15) is 5.75 Å². The van der Waals surface area contributed by atoms with E-state index in [2.05, 4.69) is 16.0 Å². The third-order valence-electron chi connectivity index (χ3n) is 7.25. The van der Waals surface area contributed by atoms with Crippen molar-refractivity contribution < 1.29 is 23.9 Å². The van der Waals surface area contributed by atoms with Gasteiger partial charge < -0.3 is 31.3 Å². The first-order valence-electron chi connectivity index (χ1n) is 14.3. The first-order valence-corrected chi connectivity index (χ1v) is 14.3. The van der Waals surface area contributed by atoms with E-state index in [0.29, 0.717) is 53.4 Å². The predicted octanol–water partition coefficient (Wildman–Crippen LogP) is 3.93. The van der Waals surface area contributed by atoms with Crippen molar-refractivity contribution in [3.8, 4) is 5.75 Å². The zero-order chi connectivity index (χ0) is 29.5. The molecule has 0 bridgehead atoms. The quantitative estimate of drug-likeness (QED) is 0.244. The Balaban J connectivity index is 1.16. The number of rotatable bonds is 12. The van der Waals surface area contributed by atoms with Gasteiger partial charge >= 0.3 is 0 Å². The summed E-state index contributed by atoms with van der Waals surface area (Å²) < 4.78 is 5.48. The van der Waals surface area contributed by atoms with E-state index in [1.807, 2.05) is 17.0 Å². The van der Waals surface area contributed by atoms with Crippen LogP contribution in [0.1, 0.15) is 68.7 Å². The highest BCUT2D eigenvalue weighted by molar-refractivity contribution is 6.04. The van der Waals surface area contributed by atoms with Gasteiger partial charge in [-0.05, 0) is 92.4 Å². The third-order valence-corrected chi connectivity index (χ3v) is 7.25. The molecule has 0 spiro atoms. The number of hydrogen-bond acceptors (Lipinski definition) is 6. The summed E-state index contributed by atoms with van der Waals surface area (Å²) in [6.07, 6.45) is 4.70. The highest BCUT2D eigenvalue weighted by Crippen LogP contribution is 2.33. The number of amides is 4. The van der Waals surface area contributed by atoms with Gasteiger partial charge in [-0.1, -0.05) is 18.6 Å². The van der Waals surface area contributed by atoms with Crippen LogP contribution in [0.2, 0.25) is 0 Å². The molecule has 0 aromatic heterocycles. The van der Waals surface area contributed by atoms with Gasteiger partial charge in [0.2, 0.25) is 0 Å². The number of ether oxygens (including phenoxy) is 1. The van der Waals surface area contributed by atoms with Gasteiger partial charge in [-0.25, -0.2) is 0 Å². The molecule has 3 aromatic carbocycles. The maximum Gasteiger partial charge on any atom is 0.262 e. The van der Waals surface area contributed by atoms with Crippen LogP contribution in [0.4, 0.5) is 11.4 Å². The van der Waals surface area contributed by atoms with E-state index in [0.717, 1.165) is 37.7 Å². The van der Waals surface area contributed by atoms with Crippen LogP contribution in [0.3, 0.4) is 0 Å². The molecule has 5 rings (SSSR count). The van der Waals surface area contributed by atoms with E-state index in [4.69, 9.17) is 10.5 Å². The summed E-state index contributed by atoms with van der Waals surface area (Å²) in [6.45, 7) is 1.60. The van der Waals surface area contributed by atoms with Gasteiger partial charge in [0.05, 0.1) is 5.69 Å². The molecule has 1 heterocycles. The van der Waals surface area contributed by atoms with Crippen LogP contribution >= 0.6 is 0 Å². The second-order valence-electron chi connectivity index (χ2n) is 10.5. The van der Waals surface area contributed by atoms with Gasteiger partial charge in [0.25, 0.3) is 23.6 Å². The van der Waals surface area contributed by atoms with Crippen LogP contribution < -0.4 is 26.4 Å². The van der Waals surface area contributed by atoms with Crippen molar-refractivity contribution >= 4 is 35.0 Å². The second-order valence-corrected chi connectivity index (χ2v) is 10.5. The van der Waals surface area contributed by atoms with E-state index < -0.39 is 0 Å². The van der Waals surface area contributed by atoms with E-state index in [1.165, 1.54) is 0 Å². The molecule has 218 valence electrons. The van der Waals surface area contributed by atoms with Crippen molar-refractivity contribution in [2.75, 3.05) is 30.3 Å². The lowest BCUT2D eigenvalue weighted by atomic mass is 10.1. The molecule has 5 N–H and O–H groups in total. The van der Waals surface area contributed by atoms with Crippen molar-refractivity contribution in [2.45, 2.75) is 44.7 Å². The summed E-state index contributed by atoms with van der Waals surface area (Å²) in [5.41, 5.74) is 9.05. The molecule has 0 atom stereocenters. The van der Waals surface area contributed by atoms with Crippen molar-refractivity contribution in [3.63, 3.8) is 0 Å². The van der Waals surface area contributed by atoms with Crippen LogP contribution in [0.15, 0.2) is 66.7 Å². The summed E-state index contributed by atoms with van der Waals surface area (Å²) in [4.78, 5) is 51.9. The second kappa shape index (κ2) is 13.3. The minimum Gasteiger partial charge on any atom is -0.482 e. The smallest absolute Gasteiger partial charge is 0.262 e. The lowest BCUT2D eigenvalue weighted by molar-refractivity contribution is -0.118. The maximum atomic E-state index is 13.4. The van der Waals surface area contributed by atoms with E-state index >= 15 is 0 Å². The van der Waals surface area contributed by atoms with Crippen LogP contribution in [-0.2, 0) is 11.3 Å². The fraction of sp³-hybridized carbons (Fsp3) is 0.312. The molecule has 0 saturated heterocycles. The number of nitrogens with two attached hydrogens (primary N) is 1. The van der Waals surface area contributed by atoms with Gasteiger partial charge in [0.15, 0.2) is 6.61 Å². The summed E-state index contributed by atoms with van der Waals surface area (Å²) in [5, 5.41) is 8.49. The Hall–Kier alpha value is -4.70. The molecule has 3 aromatic rings. The van der Waals surface area contributed by atoms with Gasteiger partial charge in [-0.3, -0.25) is 19.2 Å². The third kappa shape index (κ3) is 7.32. The first-order chi connectivity index (χ1) is 20.4. The van der Waals surface area contributed by atoms with Crippen LogP contribution in [0.25, 0.3) is 0 Å². The van der Waals surface area contributed by atoms with Crippen LogP contribution in [-0.4, -0.2) is 54.3 Å². The molecule has 0 radical (unpaired) electrons. The standard InChI is InChI=1S/C32H35N5O5/c33-16-2-1-3-17-34-30(39)22-8-11-25(12-9-22)35-31(40)23-6-4-21(5-7-23)19-37(26-13-14-26)32(41)24-10-15-27-28(18-24)42-20-29(38)36-27/h4-12,15,18,26H,1-3,13-14,16-17,19-20,33H2,(H,34,39)(H,35,40)(H,36,38). The van der Waals surface area contributed by atoms with Crippen molar-refractivity contribution in [2.24, 2.45) is 5.73 Å². The summed E-state index contributed by atoms with van der Waals surface area (Å²) in [5.74, 6) is -0.260. The lowest BCUT2D eigenvalue weighted by Gasteiger charge is -2.24. The fourth-order valence-corrected chi connectivity index (χ4v) is 4.74. The fourth-order valence-electron chi connectivity index (χ4n) is 4.74. The van der Waals surface area contributed by atoms with Gasteiger partial charge in [0, 0.05) is 41.5 Å². The number of benzene rings is 3. The topological polar surface area (TPSA) is 143 Å². The largest absolute Gasteiger partial charge is 0.482 e. The Bertz CT molecular complexity index is 1450. The Kier molecular flexibility index (Phi) is 9.13. The van der Waals surface area contributed by atoms with E-state index in [9.17, 15) is 19.2 Å². The van der Waals surface area contributed by atoms with Gasteiger partial charge in [-0.2, -0.15) is 0 Å². The Labute approximate surface area is 244 Å². The molecule has 1 fully saturated rings. The molecule has 4 amide bonds. The minimum absolute atomic E-state index is 0.0738. The lowest BCUT2D eigenvalue weighted by Crippen LogP contribution is -2.33. The van der Waals surface area contributed by atoms with Crippen LogP contribution in [0, 0.1) is 0 Å². The Morgan fingerprint density at radius 1 is 0.881 bits per heavy atom. The number of unbranched alkanes of at least 4 members (excludes halogenated alkanes) is 2. The Morgan fingerprint density at radius 3 is 2.29 bits per heavy atom. The highest BCUT2D eigenvalue weighted by atomic mass is 16.5. The first kappa shape index (κ1) is 28.8. The molecular formula is C32H35N5O5. The molecule has 1 saturated carbocycles. The zero-order valence-electron chi connectivity index (χ0n) is 23.4. The summed E-state index contributed by atoms with van der Waals surface area (Å²) in [6, 6.07) is 19.2. The molecule has 10 heteroatoms. The van der Waals surface area contributed by atoms with Crippen molar-refractivity contribution in [1.29, 1.82) is 0 Å². The highest BCUT2D eigenvalue weighted by Gasteiger charge is 2.33. The van der Waals surface area contributed by atoms with Gasteiger partial charge in [-0.15, -0.1) is 0 Å². The molecule has 42 heavy (non-hydrogen) atoms. The Morgan fingerprint density at radius 2 is 1.57 bits per heavy atom. The number of nitrogens with zero attached hydrogens (tertiary/aromatic N) is 1. The van der Waals surface area contributed by atoms with Crippen molar-refractivity contribution in [3.05, 3.63) is 89.0 Å². The van der Waals surface area contributed by atoms with E-state index in [1.54, 1.807) is 54.6 Å². The number of carbonyl (C=O) groups is 4. The maximum absolute atomic E-state index is 13.4. The van der Waals surface area contributed by atoms with E-state index in [-0.39, 0.29) is 36.3 Å². The molecule has 10 nitrogen and oxygen atoms in total. The number of fused-ring (bicyclic) bond motifs is 1. The number of nitrogens with one attached hydrogen (secondary N) is 3. The average molecular weight is 570 g/mol. The molecule has 2 aliphatic rings. The summed E-state index contributed by atoms with van der Waals surface area (Å²) in [7, 11) is 0. The zero-order valence-corrected chi connectivity index (χ0v) is 23.4. The van der Waals surface area contributed by atoms with Crippen molar-refractivity contribution in [1.82, 2.24) is 10.2 Å². The van der Waals surface area contributed by atoms with Crippen LogP contribution in [0.5, 0.6) is 5.75 Å². The number of carbonyl (C=O) groups excluding carboxylic acids is 4. The summed E-state index contributed by atoms with van der Waals surface area (Å²) >= 11 is 0. The predicted molar refractivity (Wildman–Crippen MR) is 160 cm³/mol. The number of hydrogen-bond donors (Lipinski definition) is 4. The monoisotopic (exact) mass is 569 g/mol. The average Bonchev–Trinajstić information content (AvgIpc) is 3.85. The molecular weight excluding hydrogens is 534 g/mol. The minimum atomic E-state index is -0.269.